The summed E-state index contributed by atoms with van der Waals surface area (Å²) in [6.45, 7) is 1.99. The normalized spacial score (nSPS) is 28.3. The Hall–Kier alpha value is -3.94. The summed E-state index contributed by atoms with van der Waals surface area (Å²) in [5.74, 6) is -0.955. The molecule has 2 aromatic carbocycles. The van der Waals surface area contributed by atoms with E-state index in [0.717, 1.165) is 6.42 Å². The van der Waals surface area contributed by atoms with Crippen molar-refractivity contribution < 1.29 is 28.7 Å². The van der Waals surface area contributed by atoms with E-state index in [9.17, 15) is 19.2 Å². The van der Waals surface area contributed by atoms with Crippen LogP contribution in [0.3, 0.4) is 0 Å². The molecule has 5 atom stereocenters. The highest BCUT2D eigenvalue weighted by atomic mass is 16.5. The Balaban J connectivity index is 1.16. The van der Waals surface area contributed by atoms with Crippen LogP contribution in [0, 0.1) is 36.5 Å². The van der Waals surface area contributed by atoms with Crippen LogP contribution < -0.4 is 19.3 Å². The fourth-order valence-electron chi connectivity index (χ4n) is 6.23. The first kappa shape index (κ1) is 22.5. The molecule has 0 radical (unpaired) electrons. The first-order valence-corrected chi connectivity index (χ1v) is 12.2. The maximum atomic E-state index is 13.1. The summed E-state index contributed by atoms with van der Waals surface area (Å²) in [5, 5.41) is 0. The largest absolute Gasteiger partial charge is 0.495 e. The Morgan fingerprint density at radius 3 is 2.31 bits per heavy atom. The number of fused-ring (bicyclic) bond motifs is 5. The number of allylic oxidation sites excluding steroid dienone is 2. The number of aryl methyl sites for hydroxylation is 1. The van der Waals surface area contributed by atoms with Gasteiger partial charge in [-0.25, -0.2) is 4.90 Å². The second-order valence-corrected chi connectivity index (χ2v) is 9.96. The van der Waals surface area contributed by atoms with E-state index in [2.05, 4.69) is 12.2 Å². The summed E-state index contributed by atoms with van der Waals surface area (Å²) in [5.41, 5.74) is 1.81. The standard InChI is InChI=1S/C28H26N2O6/c1-15-11-19(9-10-20(15)30-26(32)24-16-7-8-17(12-16)25(24)27(30)33)36-28(34)18-13-23(31)29(14-18)21-5-3-4-6-22(21)35-2/h3-11,16-18,24-25H,12-14H2,1-2H3/t16-,17-,18+,24-,25+/m0/s1. The molecule has 3 fully saturated rings. The molecule has 4 aliphatic rings. The summed E-state index contributed by atoms with van der Waals surface area (Å²) in [6, 6.07) is 12.1. The number of carbonyl (C=O) groups is 4. The zero-order valence-electron chi connectivity index (χ0n) is 20.0. The first-order chi connectivity index (χ1) is 17.4. The topological polar surface area (TPSA) is 93.2 Å². The maximum Gasteiger partial charge on any atom is 0.316 e. The third-order valence-electron chi connectivity index (χ3n) is 7.93. The quantitative estimate of drug-likeness (QED) is 0.279. The molecule has 0 unspecified atom stereocenters. The highest BCUT2D eigenvalue weighted by molar-refractivity contribution is 6.23. The molecular weight excluding hydrogens is 460 g/mol. The minimum Gasteiger partial charge on any atom is -0.495 e. The van der Waals surface area contributed by atoms with Gasteiger partial charge in [-0.1, -0.05) is 24.3 Å². The number of anilines is 2. The lowest BCUT2D eigenvalue weighted by Gasteiger charge is -2.20. The van der Waals surface area contributed by atoms with Crippen LogP contribution >= 0.6 is 0 Å². The van der Waals surface area contributed by atoms with Gasteiger partial charge in [-0.05, 0) is 61.1 Å². The summed E-state index contributed by atoms with van der Waals surface area (Å²) in [7, 11) is 1.54. The second kappa shape index (κ2) is 8.33. The number of imide groups is 1. The molecule has 2 bridgehead atoms. The van der Waals surface area contributed by atoms with E-state index in [-0.39, 0.29) is 54.4 Å². The van der Waals surface area contributed by atoms with Crippen molar-refractivity contribution in [2.75, 3.05) is 23.5 Å². The molecule has 2 saturated heterocycles. The lowest BCUT2D eigenvalue weighted by molar-refractivity contribution is -0.139. The van der Waals surface area contributed by atoms with Gasteiger partial charge in [0, 0.05) is 13.0 Å². The van der Waals surface area contributed by atoms with Crippen molar-refractivity contribution >= 4 is 35.1 Å². The van der Waals surface area contributed by atoms with Crippen molar-refractivity contribution in [2.45, 2.75) is 19.8 Å². The van der Waals surface area contributed by atoms with Gasteiger partial charge < -0.3 is 14.4 Å². The van der Waals surface area contributed by atoms with Crippen LogP contribution in [-0.4, -0.2) is 37.3 Å². The summed E-state index contributed by atoms with van der Waals surface area (Å²) in [4.78, 5) is 54.7. The molecule has 8 nitrogen and oxygen atoms in total. The van der Waals surface area contributed by atoms with Crippen molar-refractivity contribution in [2.24, 2.45) is 29.6 Å². The van der Waals surface area contributed by atoms with Crippen LogP contribution in [0.1, 0.15) is 18.4 Å². The van der Waals surface area contributed by atoms with Crippen LogP contribution in [-0.2, 0) is 19.2 Å². The third kappa shape index (κ3) is 3.35. The number of esters is 1. The SMILES string of the molecule is COc1ccccc1N1C[C@H](C(=O)Oc2ccc(N3C(=O)[C@@H]4[C@H](C3=O)[C@H]3C=C[C@H]4C3)c(C)c2)CC1=O. The van der Waals surface area contributed by atoms with Crippen LogP contribution in [0.25, 0.3) is 0 Å². The molecule has 6 rings (SSSR count). The number of methoxy groups -OCH3 is 1. The van der Waals surface area contributed by atoms with Crippen LogP contribution in [0.2, 0.25) is 0 Å². The van der Waals surface area contributed by atoms with Gasteiger partial charge in [0.1, 0.15) is 11.5 Å². The molecule has 184 valence electrons. The second-order valence-electron chi connectivity index (χ2n) is 9.96. The van der Waals surface area contributed by atoms with Gasteiger partial charge in [-0.2, -0.15) is 0 Å². The highest BCUT2D eigenvalue weighted by Crippen LogP contribution is 2.53. The van der Waals surface area contributed by atoms with E-state index in [1.54, 1.807) is 42.2 Å². The van der Waals surface area contributed by atoms with Crippen LogP contribution in [0.4, 0.5) is 11.4 Å². The summed E-state index contributed by atoms with van der Waals surface area (Å²) in [6.07, 6.45) is 5.06. The molecule has 36 heavy (non-hydrogen) atoms. The number of ether oxygens (including phenoxy) is 2. The lowest BCUT2D eigenvalue weighted by atomic mass is 9.85. The summed E-state index contributed by atoms with van der Waals surface area (Å²) < 4.78 is 11.0. The molecule has 2 heterocycles. The number of hydrogen-bond donors (Lipinski definition) is 0. The van der Waals surface area contributed by atoms with Gasteiger partial charge in [0.25, 0.3) is 0 Å². The molecule has 2 aliphatic heterocycles. The molecule has 2 aromatic rings. The predicted molar refractivity (Wildman–Crippen MR) is 130 cm³/mol. The van der Waals surface area contributed by atoms with E-state index in [0.29, 0.717) is 28.4 Å². The molecule has 2 aliphatic carbocycles. The van der Waals surface area contributed by atoms with E-state index in [4.69, 9.17) is 9.47 Å². The molecule has 8 heteroatoms. The van der Waals surface area contributed by atoms with Gasteiger partial charge >= 0.3 is 5.97 Å². The number of rotatable bonds is 5. The highest BCUT2D eigenvalue weighted by Gasteiger charge is 2.59. The average Bonchev–Trinajstić information content (AvgIpc) is 3.63. The minimum absolute atomic E-state index is 0.0455. The fourth-order valence-corrected chi connectivity index (χ4v) is 6.23. The van der Waals surface area contributed by atoms with Gasteiger partial charge in [0.2, 0.25) is 17.7 Å². The molecule has 0 aromatic heterocycles. The Morgan fingerprint density at radius 1 is 0.944 bits per heavy atom. The number of amides is 3. The number of para-hydroxylation sites is 2. The van der Waals surface area contributed by atoms with E-state index >= 15 is 0 Å². The number of carbonyl (C=O) groups excluding carboxylic acids is 4. The Morgan fingerprint density at radius 2 is 1.64 bits per heavy atom. The lowest BCUT2D eigenvalue weighted by Crippen LogP contribution is -2.33. The number of benzene rings is 2. The Labute approximate surface area is 208 Å². The molecule has 0 spiro atoms. The van der Waals surface area contributed by atoms with Gasteiger partial charge in [0.15, 0.2) is 0 Å². The number of hydrogen-bond acceptors (Lipinski definition) is 6. The van der Waals surface area contributed by atoms with E-state index < -0.39 is 11.9 Å². The maximum absolute atomic E-state index is 13.1. The minimum atomic E-state index is -0.619. The predicted octanol–water partition coefficient (Wildman–Crippen LogP) is 3.27. The van der Waals surface area contributed by atoms with Gasteiger partial charge in [-0.3, -0.25) is 19.2 Å². The Bertz CT molecular complexity index is 1300. The van der Waals surface area contributed by atoms with E-state index in [1.165, 1.54) is 12.0 Å². The van der Waals surface area contributed by atoms with Crippen LogP contribution in [0.5, 0.6) is 11.5 Å². The van der Waals surface area contributed by atoms with Gasteiger partial charge in [0.05, 0.1) is 36.2 Å². The average molecular weight is 487 g/mol. The van der Waals surface area contributed by atoms with E-state index in [1.807, 2.05) is 12.1 Å². The zero-order chi connectivity index (χ0) is 25.1. The van der Waals surface area contributed by atoms with Crippen molar-refractivity contribution in [3.63, 3.8) is 0 Å². The van der Waals surface area contributed by atoms with Crippen LogP contribution in [0.15, 0.2) is 54.6 Å². The van der Waals surface area contributed by atoms with Crippen molar-refractivity contribution in [3.8, 4) is 11.5 Å². The smallest absolute Gasteiger partial charge is 0.316 e. The third-order valence-corrected chi connectivity index (χ3v) is 7.93. The Kier molecular flexibility index (Phi) is 5.21. The molecular formula is C28H26N2O6. The van der Waals surface area contributed by atoms with Crippen molar-refractivity contribution in [1.82, 2.24) is 0 Å². The monoisotopic (exact) mass is 486 g/mol. The van der Waals surface area contributed by atoms with Gasteiger partial charge in [-0.15, -0.1) is 0 Å². The number of nitrogens with zero attached hydrogens (tertiary/aromatic N) is 2. The van der Waals surface area contributed by atoms with Crippen molar-refractivity contribution in [3.05, 3.63) is 60.2 Å². The van der Waals surface area contributed by atoms with Crippen molar-refractivity contribution in [1.29, 1.82) is 0 Å². The molecule has 1 saturated carbocycles. The molecule has 0 N–H and O–H groups in total. The zero-order valence-corrected chi connectivity index (χ0v) is 20.0. The molecule has 3 amide bonds. The summed E-state index contributed by atoms with van der Waals surface area (Å²) >= 11 is 0. The first-order valence-electron chi connectivity index (χ1n) is 12.2. The fraction of sp³-hybridized carbons (Fsp3) is 0.357.